The summed E-state index contributed by atoms with van der Waals surface area (Å²) in [5.74, 6) is 0. The highest BCUT2D eigenvalue weighted by molar-refractivity contribution is 6.00. The normalized spacial score (nSPS) is 13.9. The molecule has 0 bridgehead atoms. The molecule has 0 unspecified atom stereocenters. The van der Waals surface area contributed by atoms with Gasteiger partial charge in [0.05, 0.1) is 22.1 Å². The van der Waals surface area contributed by atoms with Crippen LogP contribution in [0.1, 0.15) is 23.2 Å². The smallest absolute Gasteiger partial charge is 0.265 e. The fourth-order valence-electron chi connectivity index (χ4n) is 5.14. The van der Waals surface area contributed by atoms with E-state index in [1.165, 1.54) is 5.57 Å². The van der Waals surface area contributed by atoms with Crippen molar-refractivity contribution in [3.05, 3.63) is 100 Å². The van der Waals surface area contributed by atoms with Crippen LogP contribution in [0.15, 0.2) is 77.9 Å². The molecule has 0 saturated carbocycles. The average Bonchev–Trinajstić information content (AvgIpc) is 3.36. The van der Waals surface area contributed by atoms with E-state index < -0.39 is 0 Å². The Labute approximate surface area is 203 Å². The van der Waals surface area contributed by atoms with Crippen LogP contribution < -0.4 is 16.6 Å². The number of nitrogens with two attached hydrogens (primary N) is 1. The van der Waals surface area contributed by atoms with Crippen molar-refractivity contribution in [1.29, 1.82) is 0 Å². The molecular formula is C29H27N5O. The van der Waals surface area contributed by atoms with Crippen molar-refractivity contribution in [3.63, 3.8) is 0 Å². The van der Waals surface area contributed by atoms with E-state index in [2.05, 4.69) is 52.5 Å². The summed E-state index contributed by atoms with van der Waals surface area (Å²) in [5, 5.41) is 5.14. The lowest BCUT2D eigenvalue weighted by molar-refractivity contribution is 0.737. The third kappa shape index (κ3) is 3.58. The van der Waals surface area contributed by atoms with Crippen LogP contribution >= 0.6 is 0 Å². The number of nitrogens with one attached hydrogen (secondary N) is 2. The lowest BCUT2D eigenvalue weighted by atomic mass is 9.94. The largest absolute Gasteiger partial charge is 0.355 e. The van der Waals surface area contributed by atoms with Crippen LogP contribution in [0.2, 0.25) is 0 Å². The van der Waals surface area contributed by atoms with Gasteiger partial charge in [-0.15, -0.1) is 0 Å². The highest BCUT2D eigenvalue weighted by Crippen LogP contribution is 2.36. The minimum atomic E-state index is -0.0683. The van der Waals surface area contributed by atoms with Crippen molar-refractivity contribution in [2.24, 2.45) is 5.73 Å². The van der Waals surface area contributed by atoms with Crippen molar-refractivity contribution in [2.75, 3.05) is 13.1 Å². The van der Waals surface area contributed by atoms with Gasteiger partial charge in [0.1, 0.15) is 6.33 Å². The zero-order valence-electron chi connectivity index (χ0n) is 19.6. The van der Waals surface area contributed by atoms with E-state index in [0.29, 0.717) is 17.4 Å². The first kappa shape index (κ1) is 21.5. The molecule has 6 nitrogen and oxygen atoms in total. The van der Waals surface area contributed by atoms with Gasteiger partial charge in [-0.3, -0.25) is 9.36 Å². The van der Waals surface area contributed by atoms with Crippen LogP contribution in [0.3, 0.4) is 0 Å². The highest BCUT2D eigenvalue weighted by atomic mass is 16.1. The summed E-state index contributed by atoms with van der Waals surface area (Å²) >= 11 is 0. The Morgan fingerprint density at radius 2 is 1.91 bits per heavy atom. The summed E-state index contributed by atoms with van der Waals surface area (Å²) in [6.07, 6.45) is 4.87. The number of hydrogen-bond acceptors (Lipinski definition) is 4. The maximum Gasteiger partial charge on any atom is 0.265 e. The lowest BCUT2D eigenvalue weighted by Gasteiger charge is -2.15. The predicted molar refractivity (Wildman–Crippen MR) is 143 cm³/mol. The molecule has 3 heterocycles. The Hall–Kier alpha value is -4.00. The molecule has 0 aliphatic carbocycles. The second kappa shape index (κ2) is 8.65. The Morgan fingerprint density at radius 1 is 1.03 bits per heavy atom. The molecule has 5 aromatic rings. The van der Waals surface area contributed by atoms with E-state index in [1.807, 2.05) is 36.4 Å². The van der Waals surface area contributed by atoms with E-state index in [1.54, 1.807) is 10.9 Å². The Morgan fingerprint density at radius 3 is 2.74 bits per heavy atom. The molecular weight excluding hydrogens is 434 g/mol. The molecule has 0 fully saturated rings. The molecule has 0 spiro atoms. The Balaban J connectivity index is 1.54. The van der Waals surface area contributed by atoms with Crippen LogP contribution in [-0.2, 0) is 6.54 Å². The van der Waals surface area contributed by atoms with Gasteiger partial charge in [0, 0.05) is 24.2 Å². The van der Waals surface area contributed by atoms with Gasteiger partial charge in [-0.1, -0.05) is 42.5 Å². The maximum atomic E-state index is 13.3. The van der Waals surface area contributed by atoms with E-state index >= 15 is 0 Å². The predicted octanol–water partition coefficient (Wildman–Crippen LogP) is 4.68. The highest BCUT2D eigenvalue weighted by Gasteiger charge is 2.17. The Bertz CT molecular complexity index is 1670. The molecule has 2 aromatic heterocycles. The molecule has 0 amide bonds. The van der Waals surface area contributed by atoms with Crippen molar-refractivity contribution in [3.8, 4) is 16.8 Å². The molecule has 6 heteroatoms. The van der Waals surface area contributed by atoms with Crippen LogP contribution in [0.4, 0.5) is 0 Å². The summed E-state index contributed by atoms with van der Waals surface area (Å²) < 4.78 is 1.65. The molecule has 0 saturated heterocycles. The van der Waals surface area contributed by atoms with Crippen LogP contribution in [-0.4, -0.2) is 27.6 Å². The SMILES string of the molecule is Cc1c(-c2ccc(CN)c3[nH]c(C4=CCNCC4)cc23)cccc1-n1cnc2ccccc2c1=O. The summed E-state index contributed by atoms with van der Waals surface area (Å²) in [5.41, 5.74) is 15.4. The molecule has 0 radical (unpaired) electrons. The third-order valence-electron chi connectivity index (χ3n) is 7.03. The van der Waals surface area contributed by atoms with Gasteiger partial charge in [-0.2, -0.15) is 0 Å². The zero-order valence-corrected chi connectivity index (χ0v) is 19.6. The minimum Gasteiger partial charge on any atom is -0.355 e. The van der Waals surface area contributed by atoms with Gasteiger partial charge in [0.2, 0.25) is 0 Å². The number of para-hydroxylation sites is 1. The number of aromatic nitrogens is 3. The molecule has 174 valence electrons. The Kier molecular flexibility index (Phi) is 5.32. The average molecular weight is 462 g/mol. The van der Waals surface area contributed by atoms with Crippen molar-refractivity contribution >= 4 is 27.4 Å². The van der Waals surface area contributed by atoms with Gasteiger partial charge < -0.3 is 16.0 Å². The van der Waals surface area contributed by atoms with Gasteiger partial charge in [0.15, 0.2) is 0 Å². The molecule has 1 aliphatic heterocycles. The third-order valence-corrected chi connectivity index (χ3v) is 7.03. The summed E-state index contributed by atoms with van der Waals surface area (Å²) in [4.78, 5) is 21.5. The van der Waals surface area contributed by atoms with Gasteiger partial charge in [0.25, 0.3) is 5.56 Å². The number of benzene rings is 3. The molecule has 4 N–H and O–H groups in total. The second-order valence-corrected chi connectivity index (χ2v) is 9.02. The molecule has 3 aromatic carbocycles. The molecule has 0 atom stereocenters. The number of aromatic amines is 1. The second-order valence-electron chi connectivity index (χ2n) is 9.02. The van der Waals surface area contributed by atoms with Gasteiger partial charge in [-0.25, -0.2) is 4.98 Å². The number of rotatable bonds is 4. The summed E-state index contributed by atoms with van der Waals surface area (Å²) in [7, 11) is 0. The molecule has 35 heavy (non-hydrogen) atoms. The topological polar surface area (TPSA) is 88.7 Å². The van der Waals surface area contributed by atoms with Crippen LogP contribution in [0, 0.1) is 6.92 Å². The first-order chi connectivity index (χ1) is 17.2. The van der Waals surface area contributed by atoms with Crippen LogP contribution in [0.25, 0.3) is 44.2 Å². The molecule has 6 rings (SSSR count). The van der Waals surface area contributed by atoms with Crippen molar-refractivity contribution in [2.45, 2.75) is 19.9 Å². The quantitative estimate of drug-likeness (QED) is 0.363. The summed E-state index contributed by atoms with van der Waals surface area (Å²) in [6.45, 7) is 4.40. The van der Waals surface area contributed by atoms with Crippen molar-refractivity contribution < 1.29 is 0 Å². The first-order valence-electron chi connectivity index (χ1n) is 12.0. The number of H-pyrrole nitrogens is 1. The van der Waals surface area contributed by atoms with E-state index in [0.717, 1.165) is 64.0 Å². The fraction of sp³-hybridized carbons (Fsp3) is 0.172. The standard InChI is InChI=1S/C29H27N5O/c1-18-21(6-4-8-27(18)34-17-32-25-7-3-2-5-23(25)29(34)35)22-10-9-20(16-30)28-24(22)15-26(33-28)19-11-13-31-14-12-19/h2-11,15,17,31,33H,12-14,16,30H2,1H3. The fourth-order valence-corrected chi connectivity index (χ4v) is 5.14. The number of nitrogens with zero attached hydrogens (tertiary/aromatic N) is 2. The molecule has 1 aliphatic rings. The van der Waals surface area contributed by atoms with Crippen LogP contribution in [0.5, 0.6) is 0 Å². The van der Waals surface area contributed by atoms with Gasteiger partial charge in [-0.05, 0) is 72.0 Å². The summed E-state index contributed by atoms with van der Waals surface area (Å²) in [6, 6.07) is 20.0. The van der Waals surface area contributed by atoms with E-state index in [9.17, 15) is 4.79 Å². The minimum absolute atomic E-state index is 0.0683. The van der Waals surface area contributed by atoms with Gasteiger partial charge >= 0.3 is 0 Å². The zero-order chi connectivity index (χ0) is 23.9. The number of fused-ring (bicyclic) bond motifs is 2. The van der Waals surface area contributed by atoms with E-state index in [4.69, 9.17) is 5.73 Å². The maximum absolute atomic E-state index is 13.3. The number of hydrogen-bond donors (Lipinski definition) is 3. The van der Waals surface area contributed by atoms with E-state index in [-0.39, 0.29) is 5.56 Å². The first-order valence-corrected chi connectivity index (χ1v) is 12.0. The monoisotopic (exact) mass is 461 g/mol. The lowest BCUT2D eigenvalue weighted by Crippen LogP contribution is -2.20. The van der Waals surface area contributed by atoms with Crippen molar-refractivity contribution in [1.82, 2.24) is 19.9 Å².